The number of hydrogen-bond acceptors (Lipinski definition) is 2. The second-order valence-electron chi connectivity index (χ2n) is 5.64. The Kier molecular flexibility index (Phi) is 1.88. The Morgan fingerprint density at radius 1 is 1.25 bits per heavy atom. The summed E-state index contributed by atoms with van der Waals surface area (Å²) in [4.78, 5) is 4.78. The zero-order valence-corrected chi connectivity index (χ0v) is 10.1. The van der Waals surface area contributed by atoms with Crippen LogP contribution in [0.1, 0.15) is 44.0 Å². The predicted molar refractivity (Wildman–Crippen MR) is 63.7 cm³/mol. The number of aromatic nitrogens is 3. The summed E-state index contributed by atoms with van der Waals surface area (Å²) in [6, 6.07) is 0. The van der Waals surface area contributed by atoms with Crippen LogP contribution in [-0.2, 0) is 18.3 Å². The number of aryl methyl sites for hydroxylation is 2. The maximum atomic E-state index is 4.78. The third-order valence-corrected chi connectivity index (χ3v) is 3.33. The molecule has 2 heterocycles. The van der Waals surface area contributed by atoms with Crippen LogP contribution in [0.15, 0.2) is 12.4 Å². The van der Waals surface area contributed by atoms with Crippen LogP contribution in [-0.4, -0.2) is 14.6 Å². The lowest BCUT2D eigenvalue weighted by atomic mass is 9.89. The third-order valence-electron chi connectivity index (χ3n) is 3.33. The molecule has 0 amide bonds. The fraction of sp³-hybridized carbons (Fsp3) is 0.538. The van der Waals surface area contributed by atoms with Gasteiger partial charge in [0.05, 0.1) is 6.20 Å². The van der Waals surface area contributed by atoms with E-state index >= 15 is 0 Å². The van der Waals surface area contributed by atoms with Crippen molar-refractivity contribution in [2.45, 2.75) is 45.4 Å². The van der Waals surface area contributed by atoms with E-state index in [2.05, 4.69) is 32.1 Å². The van der Waals surface area contributed by atoms with Gasteiger partial charge in [0.25, 0.3) is 0 Å². The van der Waals surface area contributed by atoms with E-state index in [1.807, 2.05) is 10.7 Å². The lowest BCUT2D eigenvalue weighted by Crippen LogP contribution is -2.11. The van der Waals surface area contributed by atoms with Crippen LogP contribution >= 0.6 is 0 Å². The first-order chi connectivity index (χ1) is 7.55. The molecule has 0 saturated heterocycles. The van der Waals surface area contributed by atoms with Gasteiger partial charge in [-0.2, -0.15) is 5.10 Å². The van der Waals surface area contributed by atoms with Gasteiger partial charge in [-0.05, 0) is 30.2 Å². The van der Waals surface area contributed by atoms with Gasteiger partial charge in [-0.3, -0.25) is 0 Å². The summed E-state index contributed by atoms with van der Waals surface area (Å²) in [5, 5.41) is 4.42. The highest BCUT2D eigenvalue weighted by atomic mass is 15.2. The summed E-state index contributed by atoms with van der Waals surface area (Å²) in [7, 11) is 0. The zero-order valence-electron chi connectivity index (χ0n) is 10.1. The van der Waals surface area contributed by atoms with Gasteiger partial charge < -0.3 is 0 Å². The summed E-state index contributed by atoms with van der Waals surface area (Å²) < 4.78 is 1.94. The van der Waals surface area contributed by atoms with E-state index in [4.69, 9.17) is 4.98 Å². The molecule has 0 radical (unpaired) electrons. The first-order valence-electron chi connectivity index (χ1n) is 5.92. The highest BCUT2D eigenvalue weighted by molar-refractivity contribution is 5.51. The van der Waals surface area contributed by atoms with Crippen LogP contribution in [0.4, 0.5) is 0 Å². The van der Waals surface area contributed by atoms with Crippen molar-refractivity contribution in [2.24, 2.45) is 0 Å². The molecule has 0 aromatic carbocycles. The van der Waals surface area contributed by atoms with Crippen molar-refractivity contribution >= 4 is 5.65 Å². The number of hydrogen-bond donors (Lipinski definition) is 0. The summed E-state index contributed by atoms with van der Waals surface area (Å²) in [6.45, 7) is 6.62. The van der Waals surface area contributed by atoms with E-state index in [0.717, 1.165) is 18.5 Å². The van der Waals surface area contributed by atoms with Gasteiger partial charge in [0.1, 0.15) is 0 Å². The van der Waals surface area contributed by atoms with E-state index in [9.17, 15) is 0 Å². The molecule has 0 saturated carbocycles. The van der Waals surface area contributed by atoms with Crippen LogP contribution in [0.25, 0.3) is 5.65 Å². The summed E-state index contributed by atoms with van der Waals surface area (Å²) in [6.07, 6.45) is 7.63. The van der Waals surface area contributed by atoms with E-state index in [-0.39, 0.29) is 5.41 Å². The molecule has 2 aromatic rings. The second-order valence-corrected chi connectivity index (χ2v) is 5.64. The van der Waals surface area contributed by atoms with Gasteiger partial charge in [-0.15, -0.1) is 0 Å². The molecule has 16 heavy (non-hydrogen) atoms. The monoisotopic (exact) mass is 215 g/mol. The van der Waals surface area contributed by atoms with Gasteiger partial charge in [0, 0.05) is 17.5 Å². The molecule has 0 fully saturated rings. The van der Waals surface area contributed by atoms with Crippen molar-refractivity contribution in [3.05, 3.63) is 29.2 Å². The van der Waals surface area contributed by atoms with E-state index in [0.29, 0.717) is 0 Å². The fourth-order valence-corrected chi connectivity index (χ4v) is 2.38. The van der Waals surface area contributed by atoms with Crippen LogP contribution in [0.3, 0.4) is 0 Å². The van der Waals surface area contributed by atoms with Gasteiger partial charge >= 0.3 is 0 Å². The first-order valence-corrected chi connectivity index (χ1v) is 5.92. The van der Waals surface area contributed by atoms with Gasteiger partial charge in [-0.25, -0.2) is 9.50 Å². The molecule has 0 N–H and O–H groups in total. The molecule has 3 heteroatoms. The molecule has 84 valence electrons. The quantitative estimate of drug-likeness (QED) is 0.676. The zero-order chi connectivity index (χ0) is 11.3. The second kappa shape index (κ2) is 3.06. The molecule has 3 rings (SSSR count). The van der Waals surface area contributed by atoms with Crippen molar-refractivity contribution in [2.75, 3.05) is 0 Å². The van der Waals surface area contributed by atoms with Crippen molar-refractivity contribution in [1.82, 2.24) is 14.6 Å². The third kappa shape index (κ3) is 1.34. The lowest BCUT2D eigenvalue weighted by Gasteiger charge is -2.16. The van der Waals surface area contributed by atoms with Gasteiger partial charge in [0.15, 0.2) is 5.65 Å². The summed E-state index contributed by atoms with van der Waals surface area (Å²) >= 11 is 0. The Morgan fingerprint density at radius 2 is 2.06 bits per heavy atom. The smallest absolute Gasteiger partial charge is 0.158 e. The van der Waals surface area contributed by atoms with Crippen molar-refractivity contribution in [3.8, 4) is 0 Å². The molecule has 0 atom stereocenters. The molecule has 2 aromatic heterocycles. The SMILES string of the molecule is CC(C)(C)c1cnn2cc3c(nc12)CCC3. The molecular weight excluding hydrogens is 198 g/mol. The Balaban J connectivity index is 2.27. The van der Waals surface area contributed by atoms with E-state index in [1.54, 1.807) is 0 Å². The highest BCUT2D eigenvalue weighted by Gasteiger charge is 2.22. The number of rotatable bonds is 0. The topological polar surface area (TPSA) is 30.2 Å². The molecule has 0 unspecified atom stereocenters. The summed E-state index contributed by atoms with van der Waals surface area (Å²) in [5.41, 5.74) is 5.03. The first kappa shape index (κ1) is 9.82. The average molecular weight is 215 g/mol. The minimum atomic E-state index is 0.113. The largest absolute Gasteiger partial charge is 0.233 e. The van der Waals surface area contributed by atoms with Crippen molar-refractivity contribution < 1.29 is 0 Å². The Hall–Kier alpha value is -1.38. The van der Waals surface area contributed by atoms with E-state index < -0.39 is 0 Å². The minimum absolute atomic E-state index is 0.113. The van der Waals surface area contributed by atoms with Crippen LogP contribution in [0.2, 0.25) is 0 Å². The van der Waals surface area contributed by atoms with Crippen LogP contribution in [0.5, 0.6) is 0 Å². The van der Waals surface area contributed by atoms with Crippen molar-refractivity contribution in [1.29, 1.82) is 0 Å². The van der Waals surface area contributed by atoms with E-state index in [1.165, 1.54) is 23.2 Å². The molecule has 1 aliphatic rings. The maximum absolute atomic E-state index is 4.78. The lowest BCUT2D eigenvalue weighted by molar-refractivity contribution is 0.594. The van der Waals surface area contributed by atoms with Crippen LogP contribution < -0.4 is 0 Å². The fourth-order valence-electron chi connectivity index (χ4n) is 2.38. The summed E-state index contributed by atoms with van der Waals surface area (Å²) in [5.74, 6) is 0. The molecular formula is C13H17N3. The Bertz CT molecular complexity index is 546. The minimum Gasteiger partial charge on any atom is -0.233 e. The standard InChI is InChI=1S/C13H17N3/c1-13(2,3)10-7-14-16-8-9-5-4-6-11(9)15-12(10)16/h7-8H,4-6H2,1-3H3. The Morgan fingerprint density at radius 3 is 2.81 bits per heavy atom. The molecule has 1 aliphatic carbocycles. The molecule has 0 aliphatic heterocycles. The molecule has 0 bridgehead atoms. The number of fused-ring (bicyclic) bond motifs is 2. The Labute approximate surface area is 95.5 Å². The van der Waals surface area contributed by atoms with Gasteiger partial charge in [0.2, 0.25) is 0 Å². The molecule has 3 nitrogen and oxygen atoms in total. The predicted octanol–water partition coefficient (Wildman–Crippen LogP) is 2.52. The van der Waals surface area contributed by atoms with Gasteiger partial charge in [-0.1, -0.05) is 20.8 Å². The molecule has 0 spiro atoms. The number of nitrogens with zero attached hydrogens (tertiary/aromatic N) is 3. The normalized spacial score (nSPS) is 15.7. The van der Waals surface area contributed by atoms with Crippen molar-refractivity contribution in [3.63, 3.8) is 0 Å². The highest BCUT2D eigenvalue weighted by Crippen LogP contribution is 2.27. The average Bonchev–Trinajstić information content (AvgIpc) is 2.76. The maximum Gasteiger partial charge on any atom is 0.158 e. The van der Waals surface area contributed by atoms with Crippen LogP contribution in [0, 0.1) is 0 Å².